The second-order valence-corrected chi connectivity index (χ2v) is 5.47. The third-order valence-electron chi connectivity index (χ3n) is 3.64. The summed E-state index contributed by atoms with van der Waals surface area (Å²) in [5.41, 5.74) is 2.13. The molecule has 0 saturated carbocycles. The molecular formula is C17H18ClN3O2. The van der Waals surface area contributed by atoms with Crippen molar-refractivity contribution in [1.82, 2.24) is 4.90 Å². The van der Waals surface area contributed by atoms with E-state index in [9.17, 15) is 4.79 Å². The predicted molar refractivity (Wildman–Crippen MR) is 92.5 cm³/mol. The molecular weight excluding hydrogens is 314 g/mol. The maximum absolute atomic E-state index is 12.1. The van der Waals surface area contributed by atoms with E-state index in [0.717, 1.165) is 17.3 Å². The summed E-state index contributed by atoms with van der Waals surface area (Å²) in [7, 11) is 0. The minimum atomic E-state index is -0.251. The van der Waals surface area contributed by atoms with Gasteiger partial charge in [0.25, 0.3) is 0 Å². The van der Waals surface area contributed by atoms with Crippen molar-refractivity contribution in [3.05, 3.63) is 53.1 Å². The molecule has 1 heterocycles. The topological polar surface area (TPSA) is 77.2 Å². The zero-order valence-corrected chi connectivity index (χ0v) is 13.3. The largest absolute Gasteiger partial charge is 0.377 e. The smallest absolute Gasteiger partial charge is 0.246 e. The fraction of sp³-hybridized carbons (Fsp3) is 0.235. The van der Waals surface area contributed by atoms with Crippen molar-refractivity contribution in [2.75, 3.05) is 19.8 Å². The average molecular weight is 332 g/mol. The predicted octanol–water partition coefficient (Wildman–Crippen LogP) is 3.11. The fourth-order valence-electron chi connectivity index (χ4n) is 2.55. The molecule has 0 spiro atoms. The van der Waals surface area contributed by atoms with Gasteiger partial charge in [0, 0.05) is 29.6 Å². The van der Waals surface area contributed by atoms with Gasteiger partial charge in [0.15, 0.2) is 0 Å². The first-order valence-electron chi connectivity index (χ1n) is 7.13. The first-order chi connectivity index (χ1) is 11.1. The number of ether oxygens (including phenoxy) is 1. The van der Waals surface area contributed by atoms with Crippen molar-refractivity contribution in [3.63, 3.8) is 0 Å². The molecule has 1 atom stereocenters. The number of hydrogen-bond acceptors (Lipinski definition) is 4. The average Bonchev–Trinajstić information content (AvgIpc) is 2.58. The molecule has 1 fully saturated rings. The highest BCUT2D eigenvalue weighted by Gasteiger charge is 2.27. The Morgan fingerprint density at radius 3 is 2.83 bits per heavy atom. The molecule has 1 unspecified atom stereocenters. The van der Waals surface area contributed by atoms with Gasteiger partial charge in [-0.15, -0.1) is 0 Å². The van der Waals surface area contributed by atoms with Crippen molar-refractivity contribution >= 4 is 35.5 Å². The van der Waals surface area contributed by atoms with Gasteiger partial charge in [-0.3, -0.25) is 4.79 Å². The summed E-state index contributed by atoms with van der Waals surface area (Å²) in [5.74, 6) is -0.151. The van der Waals surface area contributed by atoms with Gasteiger partial charge in [-0.2, -0.15) is 0 Å². The zero-order chi connectivity index (χ0) is 16.8. The summed E-state index contributed by atoms with van der Waals surface area (Å²) in [6.45, 7) is 4.91. The Balaban J connectivity index is 2.45. The second kappa shape index (κ2) is 7.85. The summed E-state index contributed by atoms with van der Waals surface area (Å²) < 4.78 is 5.51. The van der Waals surface area contributed by atoms with E-state index in [2.05, 4.69) is 6.58 Å². The van der Waals surface area contributed by atoms with Crippen LogP contribution in [-0.4, -0.2) is 43.0 Å². The molecule has 1 saturated heterocycles. The number of rotatable bonds is 5. The van der Waals surface area contributed by atoms with Crippen LogP contribution >= 0.6 is 11.6 Å². The minimum Gasteiger partial charge on any atom is -0.377 e. The van der Waals surface area contributed by atoms with Crippen LogP contribution < -0.4 is 0 Å². The van der Waals surface area contributed by atoms with Crippen LogP contribution in [0.5, 0.6) is 0 Å². The van der Waals surface area contributed by atoms with Gasteiger partial charge >= 0.3 is 0 Å². The monoisotopic (exact) mass is 331 g/mol. The van der Waals surface area contributed by atoms with E-state index in [1.54, 1.807) is 17.0 Å². The lowest BCUT2D eigenvalue weighted by Crippen LogP contribution is -2.42. The van der Waals surface area contributed by atoms with E-state index in [4.69, 9.17) is 27.2 Å². The van der Waals surface area contributed by atoms with E-state index >= 15 is 0 Å². The van der Waals surface area contributed by atoms with Crippen molar-refractivity contribution in [1.29, 1.82) is 10.8 Å². The number of halogens is 1. The van der Waals surface area contributed by atoms with Crippen molar-refractivity contribution in [2.45, 2.75) is 6.04 Å². The standard InChI is InChI=1S/C17H18ClN3O2/c1-2-17(22)21-5-6-23-11-16(21)14-7-13(8-15(18)9-14)12(10-20)3-4-19/h2-4,7-10,16,19-20H,1,5-6,11H2/b12-3+,19-4?,20-10?. The lowest BCUT2D eigenvalue weighted by atomic mass is 9.98. The van der Waals surface area contributed by atoms with E-state index in [-0.39, 0.29) is 11.9 Å². The summed E-state index contributed by atoms with van der Waals surface area (Å²) >= 11 is 6.21. The van der Waals surface area contributed by atoms with Crippen LogP contribution in [0.2, 0.25) is 5.02 Å². The summed E-state index contributed by atoms with van der Waals surface area (Å²) in [6.07, 6.45) is 5.11. The number of morpholine rings is 1. The van der Waals surface area contributed by atoms with Gasteiger partial charge in [0.1, 0.15) is 0 Å². The maximum atomic E-state index is 12.1. The van der Waals surface area contributed by atoms with Crippen molar-refractivity contribution < 1.29 is 9.53 Å². The number of hydrogen-bond donors (Lipinski definition) is 2. The number of carbonyl (C=O) groups excluding carboxylic acids is 1. The quantitative estimate of drug-likeness (QED) is 0.642. The Morgan fingerprint density at radius 1 is 1.39 bits per heavy atom. The number of allylic oxidation sites excluding steroid dienone is 2. The Morgan fingerprint density at radius 2 is 2.17 bits per heavy atom. The Hall–Kier alpha value is -2.24. The van der Waals surface area contributed by atoms with Crippen LogP contribution in [0.1, 0.15) is 17.2 Å². The van der Waals surface area contributed by atoms with Crippen molar-refractivity contribution in [2.24, 2.45) is 0 Å². The van der Waals surface area contributed by atoms with Crippen LogP contribution in [0.4, 0.5) is 0 Å². The number of amides is 1. The van der Waals surface area contributed by atoms with Crippen LogP contribution in [0.25, 0.3) is 5.57 Å². The highest BCUT2D eigenvalue weighted by molar-refractivity contribution is 6.31. The highest BCUT2D eigenvalue weighted by atomic mass is 35.5. The van der Waals surface area contributed by atoms with Gasteiger partial charge in [0.05, 0.1) is 19.3 Å². The third kappa shape index (κ3) is 3.94. The lowest BCUT2D eigenvalue weighted by Gasteiger charge is -2.35. The molecule has 1 aliphatic rings. The molecule has 0 radical (unpaired) electrons. The fourth-order valence-corrected chi connectivity index (χ4v) is 2.79. The van der Waals surface area contributed by atoms with E-state index in [0.29, 0.717) is 30.4 Å². The van der Waals surface area contributed by atoms with Crippen LogP contribution in [0.3, 0.4) is 0 Å². The molecule has 1 aliphatic heterocycles. The molecule has 23 heavy (non-hydrogen) atoms. The number of benzene rings is 1. The summed E-state index contributed by atoms with van der Waals surface area (Å²) in [6, 6.07) is 5.14. The van der Waals surface area contributed by atoms with Gasteiger partial charge in [-0.25, -0.2) is 0 Å². The number of carbonyl (C=O) groups is 1. The Kier molecular flexibility index (Phi) is 5.84. The van der Waals surface area contributed by atoms with E-state index in [1.807, 2.05) is 6.07 Å². The molecule has 0 aromatic heterocycles. The minimum absolute atomic E-state index is 0.151. The van der Waals surface area contributed by atoms with Gasteiger partial charge in [-0.05, 0) is 41.5 Å². The normalized spacial score (nSPS) is 18.4. The molecule has 2 N–H and O–H groups in total. The molecule has 1 aromatic rings. The SMILES string of the molecule is C=CC(=O)N1CCOCC1c1cc(Cl)cc(/C(C=N)=C/C=N)c1. The molecule has 1 amide bonds. The van der Waals surface area contributed by atoms with Crippen molar-refractivity contribution in [3.8, 4) is 0 Å². The number of nitrogens with one attached hydrogen (secondary N) is 2. The van der Waals surface area contributed by atoms with Crippen LogP contribution in [0, 0.1) is 10.8 Å². The van der Waals surface area contributed by atoms with Gasteiger partial charge in [-0.1, -0.05) is 18.2 Å². The molecule has 5 nitrogen and oxygen atoms in total. The lowest BCUT2D eigenvalue weighted by molar-refractivity contribution is -0.134. The molecule has 0 aliphatic carbocycles. The molecule has 120 valence electrons. The number of nitrogens with zero attached hydrogens (tertiary/aromatic N) is 1. The van der Waals surface area contributed by atoms with Crippen LogP contribution in [0.15, 0.2) is 36.9 Å². The first-order valence-corrected chi connectivity index (χ1v) is 7.51. The molecule has 1 aromatic carbocycles. The van der Waals surface area contributed by atoms with Crippen LogP contribution in [-0.2, 0) is 9.53 Å². The third-order valence-corrected chi connectivity index (χ3v) is 3.86. The Labute approximate surface area is 140 Å². The maximum Gasteiger partial charge on any atom is 0.246 e. The van der Waals surface area contributed by atoms with Gasteiger partial charge in [0.2, 0.25) is 5.91 Å². The molecule has 6 heteroatoms. The van der Waals surface area contributed by atoms with Gasteiger partial charge < -0.3 is 20.5 Å². The Bertz CT molecular complexity index is 670. The zero-order valence-electron chi connectivity index (χ0n) is 12.6. The summed E-state index contributed by atoms with van der Waals surface area (Å²) in [5, 5.41) is 15.2. The summed E-state index contributed by atoms with van der Waals surface area (Å²) in [4.78, 5) is 13.8. The second-order valence-electron chi connectivity index (χ2n) is 5.03. The van der Waals surface area contributed by atoms with E-state index in [1.165, 1.54) is 18.4 Å². The first kappa shape index (κ1) is 17.1. The molecule has 0 bridgehead atoms. The highest BCUT2D eigenvalue weighted by Crippen LogP contribution is 2.29. The van der Waals surface area contributed by atoms with E-state index < -0.39 is 0 Å². The molecule has 2 rings (SSSR count).